The first-order valence-corrected chi connectivity index (χ1v) is 25.2. The lowest BCUT2D eigenvalue weighted by Gasteiger charge is -2.42. The maximum absolute atomic E-state index is 13.0. The Morgan fingerprint density at radius 1 is 0.471 bits per heavy atom. The largest absolute Gasteiger partial charge is 0.462 e. The molecule has 0 bridgehead atoms. The molecule has 4 unspecified atom stereocenters. The van der Waals surface area contributed by atoms with Crippen LogP contribution in [0, 0.1) is 0 Å². The zero-order chi connectivity index (χ0) is 51.0. The Morgan fingerprint density at radius 2 is 0.957 bits per heavy atom. The smallest absolute Gasteiger partial charge is 0.306 e. The van der Waals surface area contributed by atoms with Crippen LogP contribution < -0.4 is 0 Å². The Bertz CT molecular complexity index is 1680. The van der Waals surface area contributed by atoms with Gasteiger partial charge in [0.25, 0.3) is 0 Å². The fourth-order valence-electron chi connectivity index (χ4n) is 6.96. The van der Waals surface area contributed by atoms with Gasteiger partial charge in [-0.3, -0.25) is 9.59 Å². The summed E-state index contributed by atoms with van der Waals surface area (Å²) in [6, 6.07) is 0. The number of hydrogen-bond acceptors (Lipinski definition) is 15. The number of ether oxygens (including phenoxy) is 6. The quantitative estimate of drug-likeness (QED) is 0.0146. The number of carbonyl (C=O) groups is 2. The predicted octanol–water partition coefficient (Wildman–Crippen LogP) is 6.93. The van der Waals surface area contributed by atoms with Crippen molar-refractivity contribution < 1.29 is 73.8 Å². The van der Waals surface area contributed by atoms with Gasteiger partial charge in [-0.1, -0.05) is 155 Å². The van der Waals surface area contributed by atoms with Gasteiger partial charge < -0.3 is 64.2 Å². The van der Waals surface area contributed by atoms with Gasteiger partial charge in [0.1, 0.15) is 55.4 Å². The van der Waals surface area contributed by atoms with Gasteiger partial charge in [0.2, 0.25) is 0 Å². The van der Waals surface area contributed by atoms with E-state index in [9.17, 15) is 45.3 Å². The number of rotatable bonds is 36. The molecule has 15 heteroatoms. The molecule has 2 aliphatic heterocycles. The molecule has 2 heterocycles. The highest BCUT2D eigenvalue weighted by Gasteiger charge is 2.47. The summed E-state index contributed by atoms with van der Waals surface area (Å²) < 4.78 is 33.4. The minimum atomic E-state index is -1.79. The first-order chi connectivity index (χ1) is 34.0. The normalized spacial score (nSPS) is 26.4. The van der Waals surface area contributed by atoms with Crippen LogP contribution in [0.1, 0.15) is 117 Å². The standard InChI is InChI=1S/C55H84O15/c1-3-5-7-9-11-13-15-17-19-20-21-22-24-25-27-29-31-33-35-37-46(57)65-40-43(68-47(58)38-36-34-32-30-28-26-23-18-16-14-12-10-8-6-4-2)41-66-54-53(64)51(62)49(60)45(70-54)42-67-55-52(63)50(61)48(59)44(39-56)69-55/h5-8,10-14,16-19,21-23,25,27,31,33,43-45,48-56,59-64H,3-4,9,15,20,24,26,28-30,32,34-42H2,1-2H3/b7-5+,8-6+,12-10+,13-11+,16-14+,19-17+,22-21+,23-18+,27-25+,33-31+/t43-,44+,45+,48-,49-,50?,51?,52?,53?,54+,55+/m0/s1. The third-order valence-electron chi connectivity index (χ3n) is 11.0. The van der Waals surface area contributed by atoms with Crippen LogP contribution in [0.25, 0.3) is 0 Å². The minimum absolute atomic E-state index is 0.0785. The molecule has 0 aromatic carbocycles. The van der Waals surface area contributed by atoms with Crippen molar-refractivity contribution in [2.24, 2.45) is 0 Å². The van der Waals surface area contributed by atoms with Crippen molar-refractivity contribution in [1.29, 1.82) is 0 Å². The molecule has 0 saturated carbocycles. The summed E-state index contributed by atoms with van der Waals surface area (Å²) in [5.41, 5.74) is 0. The van der Waals surface area contributed by atoms with Crippen LogP contribution in [-0.2, 0) is 38.0 Å². The molecule has 0 spiro atoms. The number of allylic oxidation sites excluding steroid dienone is 20. The van der Waals surface area contributed by atoms with Gasteiger partial charge in [-0.2, -0.15) is 0 Å². The molecule has 2 aliphatic rings. The van der Waals surface area contributed by atoms with Crippen molar-refractivity contribution in [2.45, 2.75) is 184 Å². The number of esters is 2. The highest BCUT2D eigenvalue weighted by molar-refractivity contribution is 5.70. The molecule has 11 atom stereocenters. The fourth-order valence-corrected chi connectivity index (χ4v) is 6.96. The molecule has 15 nitrogen and oxygen atoms in total. The predicted molar refractivity (Wildman–Crippen MR) is 270 cm³/mol. The second-order valence-corrected chi connectivity index (χ2v) is 17.0. The zero-order valence-corrected chi connectivity index (χ0v) is 41.4. The second kappa shape index (κ2) is 40.5. The molecular weight excluding hydrogens is 901 g/mol. The van der Waals surface area contributed by atoms with Crippen LogP contribution in [0.15, 0.2) is 122 Å². The summed E-state index contributed by atoms with van der Waals surface area (Å²) in [5.74, 6) is -1.07. The average Bonchev–Trinajstić information content (AvgIpc) is 3.35. The van der Waals surface area contributed by atoms with Crippen molar-refractivity contribution in [3.63, 3.8) is 0 Å². The average molecular weight is 985 g/mol. The maximum Gasteiger partial charge on any atom is 0.306 e. The van der Waals surface area contributed by atoms with Gasteiger partial charge in [0.05, 0.1) is 19.8 Å². The van der Waals surface area contributed by atoms with Crippen molar-refractivity contribution in [2.75, 3.05) is 26.4 Å². The molecule has 0 aromatic rings. The number of hydrogen-bond donors (Lipinski definition) is 7. The number of carbonyl (C=O) groups excluding carboxylic acids is 2. The van der Waals surface area contributed by atoms with E-state index in [2.05, 4.69) is 86.8 Å². The SMILES string of the molecule is CC/C=C/C=C/C=C/C=C/CCCCCCCC(=O)O[C@@H](COC(=O)CC/C=C/C/C=C/C/C=C/C/C=C/C/C=C/C/C=C/CC)CO[C@@H]1O[C@H](CO[C@@H]2O[C@H](CO)[C@H](O)C(O)C2O)[C@H](O)C(O)C1O. The summed E-state index contributed by atoms with van der Waals surface area (Å²) in [6.07, 6.45) is 36.7. The fraction of sp³-hybridized carbons (Fsp3) is 0.600. The van der Waals surface area contributed by atoms with Gasteiger partial charge in [-0.05, 0) is 70.6 Å². The molecule has 70 heavy (non-hydrogen) atoms. The second-order valence-electron chi connectivity index (χ2n) is 17.0. The van der Waals surface area contributed by atoms with Crippen LogP contribution >= 0.6 is 0 Å². The lowest BCUT2D eigenvalue weighted by molar-refractivity contribution is -0.332. The van der Waals surface area contributed by atoms with Gasteiger partial charge in [-0.15, -0.1) is 0 Å². The highest BCUT2D eigenvalue weighted by atomic mass is 16.7. The molecule has 394 valence electrons. The summed E-state index contributed by atoms with van der Waals surface area (Å²) in [4.78, 5) is 25.7. The number of unbranched alkanes of at least 4 members (excludes halogenated alkanes) is 5. The van der Waals surface area contributed by atoms with E-state index in [4.69, 9.17) is 28.4 Å². The molecule has 2 saturated heterocycles. The molecule has 0 aliphatic carbocycles. The van der Waals surface area contributed by atoms with Crippen molar-refractivity contribution in [3.8, 4) is 0 Å². The maximum atomic E-state index is 13.0. The monoisotopic (exact) mass is 985 g/mol. The molecule has 2 fully saturated rings. The van der Waals surface area contributed by atoms with E-state index >= 15 is 0 Å². The van der Waals surface area contributed by atoms with Crippen LogP contribution in [0.5, 0.6) is 0 Å². The van der Waals surface area contributed by atoms with Crippen molar-refractivity contribution in [3.05, 3.63) is 122 Å². The van der Waals surface area contributed by atoms with Gasteiger partial charge in [-0.25, -0.2) is 0 Å². The van der Waals surface area contributed by atoms with E-state index in [-0.39, 0.29) is 19.4 Å². The van der Waals surface area contributed by atoms with E-state index in [1.807, 2.05) is 48.6 Å². The Labute approximate surface area is 416 Å². The molecular formula is C55H84O15. The first-order valence-electron chi connectivity index (χ1n) is 25.2. The lowest BCUT2D eigenvalue weighted by atomic mass is 9.98. The summed E-state index contributed by atoms with van der Waals surface area (Å²) in [7, 11) is 0. The van der Waals surface area contributed by atoms with E-state index in [0.29, 0.717) is 19.3 Å². The molecule has 7 N–H and O–H groups in total. The third kappa shape index (κ3) is 28.1. The van der Waals surface area contributed by atoms with Crippen LogP contribution in [-0.4, -0.2) is 142 Å². The lowest BCUT2D eigenvalue weighted by Crippen LogP contribution is -2.61. The van der Waals surface area contributed by atoms with E-state index in [1.54, 1.807) is 0 Å². The Hall–Kier alpha value is -4.10. The Kier molecular flexibility index (Phi) is 35.9. The Morgan fingerprint density at radius 3 is 1.54 bits per heavy atom. The number of aliphatic hydroxyl groups excluding tert-OH is 7. The van der Waals surface area contributed by atoms with Gasteiger partial charge in [0.15, 0.2) is 18.7 Å². The summed E-state index contributed by atoms with van der Waals surface area (Å²) in [5, 5.41) is 72.1. The molecule has 0 aromatic heterocycles. The molecule has 0 amide bonds. The first kappa shape index (κ1) is 62.0. The van der Waals surface area contributed by atoms with Crippen molar-refractivity contribution in [1.82, 2.24) is 0 Å². The van der Waals surface area contributed by atoms with Crippen LogP contribution in [0.4, 0.5) is 0 Å². The highest BCUT2D eigenvalue weighted by Crippen LogP contribution is 2.26. The number of aliphatic hydroxyl groups is 7. The van der Waals surface area contributed by atoms with E-state index in [0.717, 1.165) is 70.6 Å². The van der Waals surface area contributed by atoms with Crippen LogP contribution in [0.2, 0.25) is 0 Å². The molecule has 0 radical (unpaired) electrons. The van der Waals surface area contributed by atoms with E-state index < -0.39 is 99.3 Å². The summed E-state index contributed by atoms with van der Waals surface area (Å²) >= 11 is 0. The topological polar surface area (TPSA) is 231 Å². The zero-order valence-electron chi connectivity index (χ0n) is 41.4. The molecule has 2 rings (SSSR count). The third-order valence-corrected chi connectivity index (χ3v) is 11.0. The van der Waals surface area contributed by atoms with E-state index in [1.165, 1.54) is 0 Å². The van der Waals surface area contributed by atoms with Gasteiger partial charge >= 0.3 is 11.9 Å². The van der Waals surface area contributed by atoms with Gasteiger partial charge in [0, 0.05) is 12.8 Å². The summed E-state index contributed by atoms with van der Waals surface area (Å²) in [6.45, 7) is 2.19. The van der Waals surface area contributed by atoms with Crippen LogP contribution in [0.3, 0.4) is 0 Å². The van der Waals surface area contributed by atoms with Crippen molar-refractivity contribution >= 4 is 11.9 Å². The Balaban J connectivity index is 1.86. The minimum Gasteiger partial charge on any atom is -0.462 e.